The number of nitro benzene ring substituents is 1. The van der Waals surface area contributed by atoms with Gasteiger partial charge in [-0.1, -0.05) is 19.1 Å². The van der Waals surface area contributed by atoms with Crippen molar-refractivity contribution in [3.8, 4) is 5.75 Å². The summed E-state index contributed by atoms with van der Waals surface area (Å²) in [6.45, 7) is 2.85. The minimum Gasteiger partial charge on any atom is -0.497 e. The van der Waals surface area contributed by atoms with Crippen molar-refractivity contribution >= 4 is 21.4 Å². The molecular formula is C20H25N3O5S. The van der Waals surface area contributed by atoms with E-state index < -0.39 is 14.9 Å². The summed E-state index contributed by atoms with van der Waals surface area (Å²) in [6, 6.07) is 11.3. The van der Waals surface area contributed by atoms with Crippen molar-refractivity contribution in [3.05, 3.63) is 58.1 Å². The molecule has 0 spiro atoms. The molecule has 0 aliphatic carbocycles. The summed E-state index contributed by atoms with van der Waals surface area (Å²) in [5, 5.41) is 14.5. The summed E-state index contributed by atoms with van der Waals surface area (Å²) >= 11 is 0. The van der Waals surface area contributed by atoms with Gasteiger partial charge in [0.25, 0.3) is 5.69 Å². The smallest absolute Gasteiger partial charge is 0.270 e. The van der Waals surface area contributed by atoms with Crippen LogP contribution in [0.3, 0.4) is 0 Å². The number of non-ortho nitro benzene ring substituents is 1. The molecule has 0 saturated carbocycles. The number of hydrogen-bond acceptors (Lipinski definition) is 6. The maximum Gasteiger partial charge on any atom is 0.270 e. The maximum atomic E-state index is 13.2. The van der Waals surface area contributed by atoms with Crippen LogP contribution in [0.25, 0.3) is 0 Å². The summed E-state index contributed by atoms with van der Waals surface area (Å²) in [4.78, 5) is 10.6. The maximum absolute atomic E-state index is 13.2. The van der Waals surface area contributed by atoms with Gasteiger partial charge in [-0.25, -0.2) is 8.42 Å². The van der Waals surface area contributed by atoms with Crippen molar-refractivity contribution < 1.29 is 18.1 Å². The van der Waals surface area contributed by atoms with Crippen LogP contribution < -0.4 is 10.1 Å². The molecule has 1 aliphatic heterocycles. The van der Waals surface area contributed by atoms with E-state index in [1.54, 1.807) is 7.11 Å². The topological polar surface area (TPSA) is 102 Å². The zero-order valence-corrected chi connectivity index (χ0v) is 17.3. The minimum absolute atomic E-state index is 0.0550. The number of nitrogens with zero attached hydrogens (tertiary/aromatic N) is 2. The lowest BCUT2D eigenvalue weighted by molar-refractivity contribution is -0.385. The molecule has 1 unspecified atom stereocenters. The van der Waals surface area contributed by atoms with E-state index in [2.05, 4.69) is 5.32 Å². The summed E-state index contributed by atoms with van der Waals surface area (Å²) in [5.74, 6) is 0.733. The molecule has 2 aromatic rings. The van der Waals surface area contributed by atoms with Gasteiger partial charge < -0.3 is 10.1 Å². The Morgan fingerprint density at radius 2 is 1.83 bits per heavy atom. The van der Waals surface area contributed by atoms with Gasteiger partial charge in [0.05, 0.1) is 23.8 Å². The van der Waals surface area contributed by atoms with Gasteiger partial charge in [0, 0.05) is 25.2 Å². The molecule has 0 bridgehead atoms. The third-order valence-corrected chi connectivity index (χ3v) is 7.05. The van der Waals surface area contributed by atoms with E-state index in [-0.39, 0.29) is 16.6 Å². The van der Waals surface area contributed by atoms with Crippen LogP contribution in [0.5, 0.6) is 5.75 Å². The fraction of sp³-hybridized carbons (Fsp3) is 0.400. The first kappa shape index (κ1) is 21.1. The molecule has 8 nitrogen and oxygen atoms in total. The number of methoxy groups -OCH3 is 1. The Hall–Kier alpha value is -2.65. The SMILES string of the molecule is CCC(Nc1ccc([N+](=O)[O-])cc1S(=O)(=O)N1CCCC1)c1ccc(OC)cc1. The lowest BCUT2D eigenvalue weighted by Gasteiger charge is -2.23. The largest absolute Gasteiger partial charge is 0.497 e. The van der Waals surface area contributed by atoms with Crippen LogP contribution in [-0.4, -0.2) is 37.8 Å². The van der Waals surface area contributed by atoms with Crippen molar-refractivity contribution in [1.82, 2.24) is 4.31 Å². The molecule has 29 heavy (non-hydrogen) atoms. The Balaban J connectivity index is 1.99. The molecule has 156 valence electrons. The molecule has 1 fully saturated rings. The van der Waals surface area contributed by atoms with Gasteiger partial charge in [0.1, 0.15) is 10.6 Å². The van der Waals surface area contributed by atoms with E-state index in [1.165, 1.54) is 16.4 Å². The fourth-order valence-corrected chi connectivity index (χ4v) is 5.16. The Labute approximate surface area is 170 Å². The number of rotatable bonds is 8. The second-order valence-corrected chi connectivity index (χ2v) is 8.83. The van der Waals surface area contributed by atoms with Crippen molar-refractivity contribution in [3.63, 3.8) is 0 Å². The number of sulfonamides is 1. The second kappa shape index (κ2) is 8.79. The summed E-state index contributed by atoms with van der Waals surface area (Å²) in [6.07, 6.45) is 2.28. The van der Waals surface area contributed by atoms with Crippen LogP contribution >= 0.6 is 0 Å². The quantitative estimate of drug-likeness (QED) is 0.513. The molecule has 1 aliphatic rings. The molecule has 1 atom stereocenters. The lowest BCUT2D eigenvalue weighted by atomic mass is 10.0. The predicted octanol–water partition coefficient (Wildman–Crippen LogP) is 3.95. The summed E-state index contributed by atoms with van der Waals surface area (Å²) in [7, 11) is -2.23. The molecule has 0 amide bonds. The molecule has 2 aromatic carbocycles. The first-order valence-electron chi connectivity index (χ1n) is 9.56. The zero-order chi connectivity index (χ0) is 21.0. The number of ether oxygens (including phenoxy) is 1. The van der Waals surface area contributed by atoms with Gasteiger partial charge in [0.2, 0.25) is 10.0 Å². The van der Waals surface area contributed by atoms with E-state index in [4.69, 9.17) is 4.74 Å². The van der Waals surface area contributed by atoms with Gasteiger partial charge in [-0.15, -0.1) is 0 Å². The van der Waals surface area contributed by atoms with Crippen LogP contribution in [0.15, 0.2) is 47.4 Å². The van der Waals surface area contributed by atoms with Gasteiger partial charge in [-0.3, -0.25) is 10.1 Å². The first-order chi connectivity index (χ1) is 13.9. The van der Waals surface area contributed by atoms with Gasteiger partial charge in [0.15, 0.2) is 0 Å². The molecule has 9 heteroatoms. The molecule has 1 N–H and O–H groups in total. The van der Waals surface area contributed by atoms with Crippen molar-refractivity contribution in [2.24, 2.45) is 0 Å². The first-order valence-corrected chi connectivity index (χ1v) is 11.0. The third kappa shape index (κ3) is 4.51. The Morgan fingerprint density at radius 3 is 2.38 bits per heavy atom. The molecule has 1 saturated heterocycles. The average molecular weight is 420 g/mol. The fourth-order valence-electron chi connectivity index (χ4n) is 3.47. The van der Waals surface area contributed by atoms with E-state index in [0.717, 1.165) is 30.2 Å². The van der Waals surface area contributed by atoms with Crippen molar-refractivity contribution in [2.45, 2.75) is 37.1 Å². The predicted molar refractivity (Wildman–Crippen MR) is 111 cm³/mol. The van der Waals surface area contributed by atoms with Gasteiger partial charge >= 0.3 is 0 Å². The zero-order valence-electron chi connectivity index (χ0n) is 16.5. The molecule has 1 heterocycles. The standard InChI is InChI=1S/C20H25N3O5S/c1-3-18(15-6-9-17(28-2)10-7-15)21-19-11-8-16(23(24)25)14-20(19)29(26,27)22-12-4-5-13-22/h6-11,14,18,21H,3-5,12-13H2,1-2H3. The summed E-state index contributed by atoms with van der Waals surface area (Å²) < 4.78 is 32.9. The monoisotopic (exact) mass is 419 g/mol. The number of anilines is 1. The Bertz CT molecular complexity index is 970. The highest BCUT2D eigenvalue weighted by molar-refractivity contribution is 7.89. The highest BCUT2D eigenvalue weighted by atomic mass is 32.2. The molecule has 0 aromatic heterocycles. The van der Waals surface area contributed by atoms with Crippen LogP contribution in [0.2, 0.25) is 0 Å². The van der Waals surface area contributed by atoms with Crippen molar-refractivity contribution in [2.75, 3.05) is 25.5 Å². The molecule has 3 rings (SSSR count). The van der Waals surface area contributed by atoms with Gasteiger partial charge in [-0.05, 0) is 43.0 Å². The second-order valence-electron chi connectivity index (χ2n) is 6.93. The Kier molecular flexibility index (Phi) is 6.39. The number of nitrogens with one attached hydrogen (secondary N) is 1. The number of benzene rings is 2. The van der Waals surface area contributed by atoms with Crippen molar-refractivity contribution in [1.29, 1.82) is 0 Å². The van der Waals surface area contributed by atoms with Crippen LogP contribution in [0.1, 0.15) is 37.8 Å². The highest BCUT2D eigenvalue weighted by Crippen LogP contribution is 2.34. The van der Waals surface area contributed by atoms with E-state index in [9.17, 15) is 18.5 Å². The molecule has 0 radical (unpaired) electrons. The van der Waals surface area contributed by atoms with E-state index >= 15 is 0 Å². The third-order valence-electron chi connectivity index (χ3n) is 5.12. The van der Waals surface area contributed by atoms with Crippen LogP contribution in [0.4, 0.5) is 11.4 Å². The van der Waals surface area contributed by atoms with Crippen LogP contribution in [-0.2, 0) is 10.0 Å². The number of nitro groups is 1. The van der Waals surface area contributed by atoms with Gasteiger partial charge in [-0.2, -0.15) is 4.31 Å². The Morgan fingerprint density at radius 1 is 1.17 bits per heavy atom. The normalized spacial score (nSPS) is 15.8. The highest BCUT2D eigenvalue weighted by Gasteiger charge is 2.31. The average Bonchev–Trinajstić information content (AvgIpc) is 3.28. The molecular weight excluding hydrogens is 394 g/mol. The van der Waals surface area contributed by atoms with E-state index in [1.807, 2.05) is 31.2 Å². The van der Waals surface area contributed by atoms with E-state index in [0.29, 0.717) is 25.2 Å². The number of hydrogen-bond donors (Lipinski definition) is 1. The minimum atomic E-state index is -3.83. The van der Waals surface area contributed by atoms with Crippen LogP contribution in [0, 0.1) is 10.1 Å². The summed E-state index contributed by atoms with van der Waals surface area (Å²) in [5.41, 5.74) is 1.09. The lowest BCUT2D eigenvalue weighted by Crippen LogP contribution is -2.29.